The zero-order chi connectivity index (χ0) is 2.71. The van der Waals surface area contributed by atoms with E-state index in [0.717, 1.165) is 0 Å². The monoisotopic (exact) mass is 180 g/mol. The Hall–Kier alpha value is 1.51. The molecule has 0 unspecified atom stereocenters. The van der Waals surface area contributed by atoms with Crippen molar-refractivity contribution in [3.63, 3.8) is 0 Å². The van der Waals surface area contributed by atoms with E-state index in [0.29, 0.717) is 19.2 Å². The van der Waals surface area contributed by atoms with Crippen LogP contribution >= 0.6 is 0 Å². The Morgan fingerprint density at radius 3 is 1.00 bits per heavy atom. The van der Waals surface area contributed by atoms with E-state index in [4.69, 9.17) is 0 Å². The van der Waals surface area contributed by atoms with Crippen LogP contribution in [0.4, 0.5) is 0 Å². The molecule has 6 heavy (non-hydrogen) atoms. The number of halogens is 2. The molecule has 0 saturated carbocycles. The summed E-state index contributed by atoms with van der Waals surface area (Å²) in [5, 5.41) is 4.50. The summed E-state index contributed by atoms with van der Waals surface area (Å²) < 4.78 is 0. The van der Waals surface area contributed by atoms with Crippen molar-refractivity contribution in [3.05, 3.63) is 0 Å². The Bertz CT molecular complexity index is 11.5. The fraction of sp³-hybridized carbons (Fsp3) is 1.00. The van der Waals surface area contributed by atoms with Crippen molar-refractivity contribution in [2.75, 3.05) is 0 Å². The smallest absolute Gasteiger partial charge is 0.0149 e. The summed E-state index contributed by atoms with van der Waals surface area (Å²) in [6.45, 7) is 0. The van der Waals surface area contributed by atoms with Crippen molar-refractivity contribution >= 4 is 11.0 Å². The van der Waals surface area contributed by atoms with E-state index >= 15 is 0 Å². The van der Waals surface area contributed by atoms with E-state index in [1.54, 1.807) is 0 Å². The van der Waals surface area contributed by atoms with E-state index in [1.807, 2.05) is 0 Å². The molecule has 0 nitrogen and oxygen atoms in total. The van der Waals surface area contributed by atoms with Crippen molar-refractivity contribution in [1.29, 1.82) is 0 Å². The fourth-order valence-corrected chi connectivity index (χ4v) is 0. The molecule has 0 atom stereocenters. The molecule has 0 spiro atoms. The molecule has 0 aliphatic heterocycles. The average molecular weight is 181 g/mol. The number of rotatable bonds is 0. The van der Waals surface area contributed by atoms with Gasteiger partial charge in [0.1, 0.15) is 0 Å². The molecule has 0 rings (SSSR count). The van der Waals surface area contributed by atoms with Crippen LogP contribution in [0.15, 0.2) is 0 Å². The SMILES string of the molecule is [CH3][Ti+2][CH3].[Cl-].[Cl-].[SiH4]. The van der Waals surface area contributed by atoms with Gasteiger partial charge in [0.15, 0.2) is 0 Å². The van der Waals surface area contributed by atoms with Gasteiger partial charge in [-0.15, -0.1) is 0 Å². The molecule has 0 aliphatic carbocycles. The minimum Gasteiger partial charge on any atom is -1.00 e. The minimum absolute atomic E-state index is 0. The first-order valence-corrected chi connectivity index (χ1v) is 4.12. The standard InChI is InChI=1S/2CH3.2ClH.H4Si.Ti/h2*1H3;2*1H;1H4;/q;;;;;+2/p-2. The van der Waals surface area contributed by atoms with Gasteiger partial charge in [-0.1, -0.05) is 0 Å². The van der Waals surface area contributed by atoms with E-state index in [2.05, 4.69) is 10.5 Å². The van der Waals surface area contributed by atoms with Gasteiger partial charge in [0.25, 0.3) is 0 Å². The van der Waals surface area contributed by atoms with Gasteiger partial charge in [0.2, 0.25) is 0 Å². The van der Waals surface area contributed by atoms with Crippen LogP contribution in [0.25, 0.3) is 0 Å². The Labute approximate surface area is 65.2 Å². The molecular weight excluding hydrogens is 171 g/mol. The molecule has 0 saturated heterocycles. The van der Waals surface area contributed by atoms with Crippen molar-refractivity contribution in [2.45, 2.75) is 10.5 Å². The summed E-state index contributed by atoms with van der Waals surface area (Å²) in [5.41, 5.74) is 0. The largest absolute Gasteiger partial charge is 1.00 e. The van der Waals surface area contributed by atoms with E-state index in [-0.39, 0.29) is 35.8 Å². The van der Waals surface area contributed by atoms with Gasteiger partial charge in [0, 0.05) is 0 Å². The molecule has 0 aromatic heterocycles. The predicted molar refractivity (Wildman–Crippen MR) is 23.1 cm³/mol. The molecule has 0 fully saturated rings. The van der Waals surface area contributed by atoms with Gasteiger partial charge in [-0.2, -0.15) is 0 Å². The van der Waals surface area contributed by atoms with Crippen LogP contribution in [0.3, 0.4) is 0 Å². The number of hydrogen-bond donors (Lipinski definition) is 0. The Kier molecular flexibility index (Phi) is 135. The van der Waals surface area contributed by atoms with E-state index < -0.39 is 0 Å². The second kappa shape index (κ2) is 31.4. The Balaban J connectivity index is -0.00000000667. The van der Waals surface area contributed by atoms with Gasteiger partial charge in [-0.25, -0.2) is 0 Å². The molecule has 0 aromatic rings. The summed E-state index contributed by atoms with van der Waals surface area (Å²) in [7, 11) is 0. The van der Waals surface area contributed by atoms with Gasteiger partial charge < -0.3 is 24.8 Å². The van der Waals surface area contributed by atoms with Gasteiger partial charge in [-0.3, -0.25) is 0 Å². The van der Waals surface area contributed by atoms with E-state index in [1.165, 1.54) is 0 Å². The Morgan fingerprint density at radius 2 is 1.00 bits per heavy atom. The van der Waals surface area contributed by atoms with Crippen LogP contribution in [0.2, 0.25) is 10.5 Å². The van der Waals surface area contributed by atoms with Gasteiger partial charge in [-0.05, 0) is 11.0 Å². The van der Waals surface area contributed by atoms with Crippen LogP contribution in [0, 0.1) is 0 Å². The molecule has 0 N–H and O–H groups in total. The van der Waals surface area contributed by atoms with Crippen LogP contribution in [0.1, 0.15) is 0 Å². The summed E-state index contributed by atoms with van der Waals surface area (Å²) in [4.78, 5) is 0. The average Bonchev–Trinajstić information content (AvgIpc) is 0.918. The molecule has 0 aromatic carbocycles. The summed E-state index contributed by atoms with van der Waals surface area (Å²) in [5.74, 6) is 0. The van der Waals surface area contributed by atoms with Gasteiger partial charge in [0.05, 0.1) is 0 Å². The molecule has 4 heteroatoms. The predicted octanol–water partition coefficient (Wildman–Crippen LogP) is -6.28. The quantitative estimate of drug-likeness (QED) is 0.326. The second-order valence-corrected chi connectivity index (χ2v) is 2.06. The van der Waals surface area contributed by atoms with E-state index in [9.17, 15) is 0 Å². The zero-order valence-corrected chi connectivity index (χ0v) is 6.33. The molecule has 0 bridgehead atoms. The van der Waals surface area contributed by atoms with Crippen molar-refractivity contribution in [1.82, 2.24) is 0 Å². The first-order valence-electron chi connectivity index (χ1n) is 1.00. The second-order valence-electron chi connectivity index (χ2n) is 0.500. The minimum atomic E-state index is 0. The van der Waals surface area contributed by atoms with Crippen LogP contribution in [-0.4, -0.2) is 11.0 Å². The zero-order valence-electron chi connectivity index (χ0n) is 3.26. The topological polar surface area (TPSA) is 0 Å². The third kappa shape index (κ3) is 49.1. The summed E-state index contributed by atoms with van der Waals surface area (Å²) >= 11 is 0.500. The van der Waals surface area contributed by atoms with Crippen LogP contribution in [0.5, 0.6) is 0 Å². The molecule has 0 radical (unpaired) electrons. The fourth-order valence-electron chi connectivity index (χ4n) is 0. The summed E-state index contributed by atoms with van der Waals surface area (Å²) in [6.07, 6.45) is 0. The van der Waals surface area contributed by atoms with Crippen molar-refractivity contribution < 1.29 is 44.0 Å². The normalized spacial score (nSPS) is 1.67. The van der Waals surface area contributed by atoms with Gasteiger partial charge >= 0.3 is 29.6 Å². The third-order valence-electron chi connectivity index (χ3n) is 0. The first kappa shape index (κ1) is 25.8. The molecule has 0 heterocycles. The Morgan fingerprint density at radius 1 is 1.00 bits per heavy atom. The van der Waals surface area contributed by atoms with Crippen molar-refractivity contribution in [2.24, 2.45) is 0 Å². The molecule has 40 valence electrons. The molecule has 0 aliphatic rings. The maximum absolute atomic E-state index is 2.25. The van der Waals surface area contributed by atoms with Crippen LogP contribution < -0.4 is 24.8 Å². The molecular formula is C2H10Cl2SiTi. The maximum Gasteiger partial charge on any atom is -0.0149 e. The third-order valence-corrected chi connectivity index (χ3v) is 0. The van der Waals surface area contributed by atoms with Crippen molar-refractivity contribution in [3.8, 4) is 0 Å². The number of hydrogen-bond acceptors (Lipinski definition) is 0. The maximum atomic E-state index is 2.25. The summed E-state index contributed by atoms with van der Waals surface area (Å²) in [6, 6.07) is 0. The van der Waals surface area contributed by atoms with Crippen LogP contribution in [-0.2, 0) is 19.2 Å². The molecule has 0 amide bonds. The first-order chi connectivity index (χ1) is 1.41.